The van der Waals surface area contributed by atoms with Gasteiger partial charge in [0, 0.05) is 4.99 Å². The lowest BCUT2D eigenvalue weighted by Crippen LogP contribution is -2.27. The maximum absolute atomic E-state index is 4.18. The molecule has 2 nitrogen and oxygen atoms in total. The molecule has 0 saturated carbocycles. The van der Waals surface area contributed by atoms with Crippen molar-refractivity contribution >= 4 is 6.21 Å². The van der Waals surface area contributed by atoms with Crippen LogP contribution in [-0.2, 0) is 0 Å². The van der Waals surface area contributed by atoms with Crippen LogP contribution in [0.15, 0.2) is 0 Å². The molecular formula is C6H10N2+. The van der Waals surface area contributed by atoms with Crippen molar-refractivity contribution in [1.29, 1.82) is 0 Å². The fraction of sp³-hybridized carbons (Fsp3) is 0.833. The van der Waals surface area contributed by atoms with Crippen molar-refractivity contribution < 1.29 is 0 Å². The molecule has 0 amide bonds. The van der Waals surface area contributed by atoms with Crippen LogP contribution < -0.4 is 10.3 Å². The van der Waals surface area contributed by atoms with E-state index in [1.54, 1.807) is 0 Å². The maximum atomic E-state index is 4.18. The Kier molecular flexibility index (Phi) is 0.875. The van der Waals surface area contributed by atoms with Crippen molar-refractivity contribution in [2.75, 3.05) is 13.1 Å². The zero-order chi connectivity index (χ0) is 5.40. The zero-order valence-electron chi connectivity index (χ0n) is 4.80. The first-order valence-corrected chi connectivity index (χ1v) is 3.20. The van der Waals surface area contributed by atoms with E-state index in [-0.39, 0.29) is 0 Å². The summed E-state index contributed by atoms with van der Waals surface area (Å²) >= 11 is 0. The first-order valence-electron chi connectivity index (χ1n) is 3.20. The number of hydrogen-bond acceptors (Lipinski definition) is 2. The lowest BCUT2D eigenvalue weighted by molar-refractivity contribution is 0.585. The summed E-state index contributed by atoms with van der Waals surface area (Å²) in [6.07, 6.45) is 3.40. The average molecular weight is 110 g/mol. The van der Waals surface area contributed by atoms with Crippen molar-refractivity contribution in [2.45, 2.75) is 12.5 Å². The van der Waals surface area contributed by atoms with Gasteiger partial charge in [-0.15, -0.1) is 0 Å². The topological polar surface area (TPSA) is 26.1 Å². The Morgan fingerprint density at radius 3 is 3.50 bits per heavy atom. The van der Waals surface area contributed by atoms with E-state index in [9.17, 15) is 0 Å². The van der Waals surface area contributed by atoms with Gasteiger partial charge in [-0.3, -0.25) is 0 Å². The van der Waals surface area contributed by atoms with Gasteiger partial charge >= 0.3 is 0 Å². The fourth-order valence-corrected chi connectivity index (χ4v) is 1.48. The van der Waals surface area contributed by atoms with E-state index in [1.807, 2.05) is 0 Å². The highest BCUT2D eigenvalue weighted by atomic mass is 15.0. The van der Waals surface area contributed by atoms with Crippen molar-refractivity contribution in [2.24, 2.45) is 5.92 Å². The molecule has 1 saturated heterocycles. The monoisotopic (exact) mass is 110 g/mol. The second kappa shape index (κ2) is 1.55. The van der Waals surface area contributed by atoms with E-state index in [4.69, 9.17) is 0 Å². The predicted molar refractivity (Wildman–Crippen MR) is 33.0 cm³/mol. The molecule has 0 aliphatic carbocycles. The summed E-state index contributed by atoms with van der Waals surface area (Å²) in [5.74, 6) is 0.773. The highest BCUT2D eigenvalue weighted by Crippen LogP contribution is 2.14. The molecule has 0 aromatic heterocycles. The molecule has 2 rings (SSSR count). The molecule has 2 unspecified atom stereocenters. The molecule has 0 bridgehead atoms. The second-order valence-corrected chi connectivity index (χ2v) is 2.53. The molecule has 2 aliphatic rings. The first-order chi connectivity index (χ1) is 3.97. The quantitative estimate of drug-likeness (QED) is 0.442. The number of aliphatic imine (C=N–C) groups is 1. The molecule has 43 valence electrons. The van der Waals surface area contributed by atoms with Crippen LogP contribution >= 0.6 is 0 Å². The van der Waals surface area contributed by atoms with E-state index in [1.165, 1.54) is 13.0 Å². The normalized spacial score (nSPS) is 43.0. The van der Waals surface area contributed by atoms with Crippen LogP contribution in [0.2, 0.25) is 0 Å². The molecule has 1 fully saturated rings. The van der Waals surface area contributed by atoms with Gasteiger partial charge in [-0.2, -0.15) is 0 Å². The SMILES string of the molecule is C1=[N+]CC2NCCC12. The molecule has 1 N–H and O–H groups in total. The molecule has 0 aromatic carbocycles. The maximum Gasteiger partial charge on any atom is 0.226 e. The van der Waals surface area contributed by atoms with Crippen molar-refractivity contribution in [3.05, 3.63) is 0 Å². The molecule has 2 aliphatic heterocycles. The van der Waals surface area contributed by atoms with Crippen molar-refractivity contribution in [3.63, 3.8) is 0 Å². The molecule has 2 heterocycles. The van der Waals surface area contributed by atoms with Gasteiger partial charge in [-0.25, -0.2) is 0 Å². The van der Waals surface area contributed by atoms with Gasteiger partial charge in [0.25, 0.3) is 0 Å². The molecule has 0 aromatic rings. The van der Waals surface area contributed by atoms with Crippen LogP contribution in [0.3, 0.4) is 0 Å². The zero-order valence-corrected chi connectivity index (χ0v) is 4.80. The van der Waals surface area contributed by atoms with E-state index in [0.717, 1.165) is 12.5 Å². The predicted octanol–water partition coefficient (Wildman–Crippen LogP) is -0.615. The minimum atomic E-state index is 0.704. The highest BCUT2D eigenvalue weighted by molar-refractivity contribution is 5.63. The van der Waals surface area contributed by atoms with Crippen LogP contribution in [0, 0.1) is 5.92 Å². The molecule has 1 radical (unpaired) electrons. The van der Waals surface area contributed by atoms with Gasteiger partial charge in [0.2, 0.25) is 12.8 Å². The average Bonchev–Trinajstić information content (AvgIpc) is 2.15. The van der Waals surface area contributed by atoms with Crippen LogP contribution in [0.4, 0.5) is 0 Å². The largest absolute Gasteiger partial charge is 0.307 e. The molecule has 8 heavy (non-hydrogen) atoms. The summed E-state index contributed by atoms with van der Waals surface area (Å²) in [5, 5.41) is 3.39. The third kappa shape index (κ3) is 0.494. The minimum absolute atomic E-state index is 0.704. The van der Waals surface area contributed by atoms with E-state index < -0.39 is 0 Å². The Labute approximate surface area is 49.0 Å². The van der Waals surface area contributed by atoms with Gasteiger partial charge in [-0.1, -0.05) is 0 Å². The Morgan fingerprint density at radius 2 is 2.62 bits per heavy atom. The fourth-order valence-electron chi connectivity index (χ4n) is 1.48. The van der Waals surface area contributed by atoms with E-state index >= 15 is 0 Å². The summed E-state index contributed by atoms with van der Waals surface area (Å²) < 4.78 is 0. The smallest absolute Gasteiger partial charge is 0.226 e. The van der Waals surface area contributed by atoms with Crippen molar-refractivity contribution in [1.82, 2.24) is 10.3 Å². The highest BCUT2D eigenvalue weighted by Gasteiger charge is 2.35. The van der Waals surface area contributed by atoms with Gasteiger partial charge in [-0.05, 0) is 13.0 Å². The second-order valence-electron chi connectivity index (χ2n) is 2.53. The standard InChI is InChI=1S/C6H10N2/c1-2-8-6-4-7-3-5(1)6/h3,5-6,8H,1-2,4H2/q+1. The number of rotatable bonds is 0. The lowest BCUT2D eigenvalue weighted by Gasteiger charge is -1.97. The third-order valence-electron chi connectivity index (χ3n) is 2.00. The molecular weight excluding hydrogens is 100 g/mol. The van der Waals surface area contributed by atoms with Crippen LogP contribution in [-0.4, -0.2) is 25.3 Å². The van der Waals surface area contributed by atoms with Crippen LogP contribution in [0.5, 0.6) is 0 Å². The summed E-state index contributed by atoms with van der Waals surface area (Å²) in [6, 6.07) is 0.704. The number of nitrogens with zero attached hydrogens (tertiary/aromatic N) is 1. The molecule has 2 heteroatoms. The first kappa shape index (κ1) is 4.50. The third-order valence-corrected chi connectivity index (χ3v) is 2.00. The van der Waals surface area contributed by atoms with Gasteiger partial charge in [0.1, 0.15) is 0 Å². The number of fused-ring (bicyclic) bond motifs is 1. The van der Waals surface area contributed by atoms with Crippen LogP contribution in [0.1, 0.15) is 6.42 Å². The Morgan fingerprint density at radius 1 is 1.62 bits per heavy atom. The lowest BCUT2D eigenvalue weighted by atomic mass is 10.1. The Balaban J connectivity index is 2.13. The summed E-state index contributed by atoms with van der Waals surface area (Å²) in [7, 11) is 0. The number of hydrogen-bond donors (Lipinski definition) is 1. The van der Waals surface area contributed by atoms with Crippen molar-refractivity contribution in [3.8, 4) is 0 Å². The number of nitrogens with one attached hydrogen (secondary N) is 1. The van der Waals surface area contributed by atoms with E-state index in [0.29, 0.717) is 6.04 Å². The summed E-state index contributed by atoms with van der Waals surface area (Å²) in [6.45, 7) is 2.21. The Hall–Kier alpha value is -0.370. The van der Waals surface area contributed by atoms with Gasteiger partial charge in [0.15, 0.2) is 0 Å². The molecule has 0 spiro atoms. The summed E-state index contributed by atoms with van der Waals surface area (Å²) in [4.78, 5) is 4.18. The van der Waals surface area contributed by atoms with Gasteiger partial charge in [0.05, 0.1) is 12.0 Å². The van der Waals surface area contributed by atoms with Crippen LogP contribution in [0.25, 0.3) is 0 Å². The van der Waals surface area contributed by atoms with E-state index in [2.05, 4.69) is 16.5 Å². The van der Waals surface area contributed by atoms with Gasteiger partial charge < -0.3 is 5.32 Å². The summed E-state index contributed by atoms with van der Waals surface area (Å²) in [5.41, 5.74) is 0. The minimum Gasteiger partial charge on any atom is -0.307 e. The molecule has 2 atom stereocenters. The Bertz CT molecular complexity index is 120.